The van der Waals surface area contributed by atoms with Gasteiger partial charge in [0.25, 0.3) is 0 Å². The van der Waals surface area contributed by atoms with Gasteiger partial charge in [-0.15, -0.1) is 0 Å². The zero-order valence-corrected chi connectivity index (χ0v) is 14.1. The molecule has 6 heteroatoms. The molecule has 116 valence electrons. The van der Waals surface area contributed by atoms with Crippen molar-refractivity contribution in [2.45, 2.75) is 43.5 Å². The lowest BCUT2D eigenvalue weighted by Gasteiger charge is -2.35. The minimum absolute atomic E-state index is 0.0669. The van der Waals surface area contributed by atoms with Gasteiger partial charge in [0.15, 0.2) is 0 Å². The summed E-state index contributed by atoms with van der Waals surface area (Å²) in [6, 6.07) is 6.63. The standard InChI is InChI=1S/C15H22N2O2S2/c1-11-6-3-4-9-14(11)17(2)21(18,19)13-8-5-7-12(10-13)15(16)20/h5,7-8,10-11,14H,3-4,6,9H2,1-2H3,(H2,16,20). The highest BCUT2D eigenvalue weighted by Crippen LogP contribution is 2.30. The summed E-state index contributed by atoms with van der Waals surface area (Å²) in [5.41, 5.74) is 6.17. The van der Waals surface area contributed by atoms with E-state index in [2.05, 4.69) is 6.92 Å². The maximum atomic E-state index is 12.8. The van der Waals surface area contributed by atoms with E-state index in [1.165, 1.54) is 10.7 Å². The van der Waals surface area contributed by atoms with E-state index in [4.69, 9.17) is 18.0 Å². The molecule has 0 amide bonds. The molecule has 2 N–H and O–H groups in total. The van der Waals surface area contributed by atoms with Crippen LogP contribution in [-0.4, -0.2) is 30.8 Å². The Morgan fingerprint density at radius 1 is 1.33 bits per heavy atom. The van der Waals surface area contributed by atoms with Crippen LogP contribution in [0.2, 0.25) is 0 Å². The number of nitrogens with two attached hydrogens (primary N) is 1. The van der Waals surface area contributed by atoms with Crippen molar-refractivity contribution in [2.75, 3.05) is 7.05 Å². The average molecular weight is 326 g/mol. The number of hydrogen-bond acceptors (Lipinski definition) is 3. The summed E-state index contributed by atoms with van der Waals surface area (Å²) in [6.45, 7) is 2.13. The summed E-state index contributed by atoms with van der Waals surface area (Å²) in [5, 5.41) is 0. The second kappa shape index (κ2) is 6.42. The zero-order chi connectivity index (χ0) is 15.6. The molecular weight excluding hydrogens is 304 g/mol. The molecule has 2 atom stereocenters. The van der Waals surface area contributed by atoms with E-state index in [0.717, 1.165) is 19.3 Å². The monoisotopic (exact) mass is 326 g/mol. The Kier molecular flexibility index (Phi) is 5.01. The molecule has 1 saturated carbocycles. The Labute approximate surface area is 132 Å². The van der Waals surface area contributed by atoms with Crippen molar-refractivity contribution in [3.8, 4) is 0 Å². The van der Waals surface area contributed by atoms with Crippen LogP contribution in [0.3, 0.4) is 0 Å². The Morgan fingerprint density at radius 3 is 2.62 bits per heavy atom. The number of benzene rings is 1. The second-order valence-corrected chi connectivity index (χ2v) is 8.18. The van der Waals surface area contributed by atoms with E-state index >= 15 is 0 Å². The Bertz CT molecular complexity index is 628. The maximum absolute atomic E-state index is 12.8. The lowest BCUT2D eigenvalue weighted by Crippen LogP contribution is -2.42. The van der Waals surface area contributed by atoms with Crippen LogP contribution in [0.4, 0.5) is 0 Å². The third kappa shape index (κ3) is 3.44. The van der Waals surface area contributed by atoms with Gasteiger partial charge in [-0.05, 0) is 30.9 Å². The molecule has 0 heterocycles. The molecule has 0 spiro atoms. The van der Waals surface area contributed by atoms with Gasteiger partial charge >= 0.3 is 0 Å². The molecule has 1 aromatic rings. The molecule has 0 aromatic heterocycles. The first-order valence-corrected chi connectivity index (χ1v) is 9.07. The third-order valence-electron chi connectivity index (χ3n) is 4.33. The maximum Gasteiger partial charge on any atom is 0.243 e. The van der Waals surface area contributed by atoms with Gasteiger partial charge in [-0.1, -0.05) is 44.1 Å². The minimum Gasteiger partial charge on any atom is -0.389 e. The molecule has 0 saturated heterocycles. The molecule has 1 aliphatic carbocycles. The fraction of sp³-hybridized carbons (Fsp3) is 0.533. The van der Waals surface area contributed by atoms with Crippen LogP contribution in [0.1, 0.15) is 38.2 Å². The zero-order valence-electron chi connectivity index (χ0n) is 12.5. The smallest absolute Gasteiger partial charge is 0.243 e. The van der Waals surface area contributed by atoms with E-state index in [1.807, 2.05) is 0 Å². The van der Waals surface area contributed by atoms with Gasteiger partial charge < -0.3 is 5.73 Å². The van der Waals surface area contributed by atoms with Crippen molar-refractivity contribution in [3.63, 3.8) is 0 Å². The van der Waals surface area contributed by atoms with Crippen LogP contribution in [0, 0.1) is 5.92 Å². The highest BCUT2D eigenvalue weighted by atomic mass is 32.2. The summed E-state index contributed by atoms with van der Waals surface area (Å²) < 4.78 is 27.1. The van der Waals surface area contributed by atoms with E-state index < -0.39 is 10.0 Å². The fourth-order valence-corrected chi connectivity index (χ4v) is 4.65. The molecule has 0 bridgehead atoms. The predicted octanol–water partition coefficient (Wildman–Crippen LogP) is 2.52. The number of nitrogens with zero attached hydrogens (tertiary/aromatic N) is 1. The largest absolute Gasteiger partial charge is 0.389 e. The molecule has 1 aromatic carbocycles. The van der Waals surface area contributed by atoms with E-state index in [-0.39, 0.29) is 15.9 Å². The van der Waals surface area contributed by atoms with Crippen LogP contribution < -0.4 is 5.73 Å². The van der Waals surface area contributed by atoms with Crippen molar-refractivity contribution in [1.82, 2.24) is 4.31 Å². The molecule has 21 heavy (non-hydrogen) atoms. The molecular formula is C15H22N2O2S2. The average Bonchev–Trinajstić information content (AvgIpc) is 2.47. The van der Waals surface area contributed by atoms with Gasteiger partial charge in [0.1, 0.15) is 4.99 Å². The van der Waals surface area contributed by atoms with E-state index in [9.17, 15) is 8.42 Å². The Morgan fingerprint density at radius 2 is 2.00 bits per heavy atom. The lowest BCUT2D eigenvalue weighted by molar-refractivity contribution is 0.213. The Hall–Kier alpha value is -0.980. The third-order valence-corrected chi connectivity index (χ3v) is 6.44. The van der Waals surface area contributed by atoms with Gasteiger partial charge in [0.2, 0.25) is 10.0 Å². The van der Waals surface area contributed by atoms with Crippen molar-refractivity contribution >= 4 is 27.2 Å². The van der Waals surface area contributed by atoms with E-state index in [1.54, 1.807) is 31.3 Å². The number of thiocarbonyl (C=S) groups is 1. The highest BCUT2D eigenvalue weighted by molar-refractivity contribution is 7.89. The molecule has 2 rings (SSSR count). The van der Waals surface area contributed by atoms with Crippen LogP contribution in [0.5, 0.6) is 0 Å². The molecule has 1 fully saturated rings. The minimum atomic E-state index is -3.51. The number of rotatable bonds is 4. The highest BCUT2D eigenvalue weighted by Gasteiger charge is 2.33. The van der Waals surface area contributed by atoms with Crippen molar-refractivity contribution < 1.29 is 8.42 Å². The fourth-order valence-electron chi connectivity index (χ4n) is 2.99. The summed E-state index contributed by atoms with van der Waals surface area (Å²) in [7, 11) is -1.83. The van der Waals surface area contributed by atoms with Crippen LogP contribution in [0.25, 0.3) is 0 Å². The summed E-state index contributed by atoms with van der Waals surface area (Å²) in [4.78, 5) is 0.466. The van der Waals surface area contributed by atoms with Crippen molar-refractivity contribution in [2.24, 2.45) is 11.7 Å². The van der Waals surface area contributed by atoms with E-state index in [0.29, 0.717) is 11.5 Å². The molecule has 0 aliphatic heterocycles. The van der Waals surface area contributed by atoms with Crippen LogP contribution in [0.15, 0.2) is 29.2 Å². The number of sulfonamides is 1. The quantitative estimate of drug-likeness (QED) is 0.864. The first-order chi connectivity index (χ1) is 9.84. The molecule has 4 nitrogen and oxygen atoms in total. The predicted molar refractivity (Wildman–Crippen MR) is 88.7 cm³/mol. The lowest BCUT2D eigenvalue weighted by atomic mass is 9.86. The van der Waals surface area contributed by atoms with Crippen molar-refractivity contribution in [1.29, 1.82) is 0 Å². The van der Waals surface area contributed by atoms with Gasteiger partial charge in [-0.3, -0.25) is 0 Å². The van der Waals surface area contributed by atoms with Crippen molar-refractivity contribution in [3.05, 3.63) is 29.8 Å². The SMILES string of the molecule is CC1CCCCC1N(C)S(=O)(=O)c1cccc(C(N)=S)c1. The summed E-state index contributed by atoms with van der Waals surface area (Å²) in [5.74, 6) is 0.386. The van der Waals surface area contributed by atoms with Gasteiger partial charge in [0.05, 0.1) is 4.90 Å². The molecule has 2 unspecified atom stereocenters. The molecule has 0 radical (unpaired) electrons. The van der Waals surface area contributed by atoms with Gasteiger partial charge in [-0.25, -0.2) is 8.42 Å². The number of hydrogen-bond donors (Lipinski definition) is 1. The van der Waals surface area contributed by atoms with Crippen LogP contribution in [-0.2, 0) is 10.0 Å². The topological polar surface area (TPSA) is 63.4 Å². The normalized spacial score (nSPS) is 23.2. The molecule has 1 aliphatic rings. The van der Waals surface area contributed by atoms with Crippen LogP contribution >= 0.6 is 12.2 Å². The Balaban J connectivity index is 2.32. The second-order valence-electron chi connectivity index (χ2n) is 5.74. The van der Waals surface area contributed by atoms with Gasteiger partial charge in [-0.2, -0.15) is 4.31 Å². The summed E-state index contributed by atoms with van der Waals surface area (Å²) >= 11 is 4.92. The van der Waals surface area contributed by atoms with Gasteiger partial charge in [0, 0.05) is 18.7 Å². The first kappa shape index (κ1) is 16.4. The summed E-state index contributed by atoms with van der Waals surface area (Å²) in [6.07, 6.45) is 4.27. The first-order valence-electron chi connectivity index (χ1n) is 7.22.